The van der Waals surface area contributed by atoms with Crippen LogP contribution in [0.3, 0.4) is 0 Å². The molecule has 2 bridgehead atoms. The van der Waals surface area contributed by atoms with Gasteiger partial charge in [0.2, 0.25) is 5.82 Å². The van der Waals surface area contributed by atoms with Crippen LogP contribution < -0.4 is 0 Å². The summed E-state index contributed by atoms with van der Waals surface area (Å²) in [6.07, 6.45) is -1.07. The highest BCUT2D eigenvalue weighted by molar-refractivity contribution is 5.91. The van der Waals surface area contributed by atoms with Crippen LogP contribution in [0.25, 0.3) is 0 Å². The molecule has 0 N–H and O–H groups in total. The second-order valence-electron chi connectivity index (χ2n) is 7.38. The first kappa shape index (κ1) is 15.8. The molecule has 5 rings (SSSR count). The zero-order valence-corrected chi connectivity index (χ0v) is 13.9. The number of fused-ring (bicyclic) bond motifs is 3. The third-order valence-corrected chi connectivity index (χ3v) is 5.82. The van der Waals surface area contributed by atoms with Gasteiger partial charge >= 0.3 is 0 Å². The monoisotopic (exact) mass is 362 g/mol. The Bertz CT molecular complexity index is 869. The summed E-state index contributed by atoms with van der Waals surface area (Å²) in [5.74, 6) is -3.94. The number of hydrogen-bond donors (Lipinski definition) is 0. The summed E-state index contributed by atoms with van der Waals surface area (Å²) >= 11 is 0. The van der Waals surface area contributed by atoms with Crippen LogP contribution >= 0.6 is 0 Å². The first-order valence-electron chi connectivity index (χ1n) is 8.78. The van der Waals surface area contributed by atoms with Crippen LogP contribution in [0.2, 0.25) is 0 Å². The average Bonchev–Trinajstić information content (AvgIpc) is 3.35. The lowest BCUT2D eigenvalue weighted by atomic mass is 10.0. The molecule has 4 atom stereocenters. The molecule has 0 spiro atoms. The molecule has 0 radical (unpaired) electrons. The number of likely N-dealkylation sites (tertiary alicyclic amines) is 1. The quantitative estimate of drug-likeness (QED) is 0.825. The van der Waals surface area contributed by atoms with Crippen LogP contribution in [-0.2, 0) is 0 Å². The van der Waals surface area contributed by atoms with E-state index >= 15 is 0 Å². The molecule has 26 heavy (non-hydrogen) atoms. The minimum Gasteiger partial charge on any atom is -0.332 e. The van der Waals surface area contributed by atoms with Gasteiger partial charge in [-0.3, -0.25) is 4.79 Å². The van der Waals surface area contributed by atoms with Crippen molar-refractivity contribution in [2.24, 2.45) is 5.92 Å². The number of hydrogen-bond acceptors (Lipinski definition) is 3. The van der Waals surface area contributed by atoms with Gasteiger partial charge in [0.25, 0.3) is 11.8 Å². The lowest BCUT2D eigenvalue weighted by Gasteiger charge is -2.30. The summed E-state index contributed by atoms with van der Waals surface area (Å²) < 4.78 is 43.2. The summed E-state index contributed by atoms with van der Waals surface area (Å²) in [5.41, 5.74) is 0.901. The first-order chi connectivity index (χ1) is 12.4. The molecule has 1 amide bonds. The van der Waals surface area contributed by atoms with Gasteiger partial charge in [-0.25, -0.2) is 22.8 Å². The van der Waals surface area contributed by atoms with Crippen molar-refractivity contribution >= 4 is 5.91 Å². The van der Waals surface area contributed by atoms with Crippen LogP contribution in [0.5, 0.6) is 0 Å². The van der Waals surface area contributed by atoms with Gasteiger partial charge in [0.15, 0.2) is 12.0 Å². The minimum absolute atomic E-state index is 0.0154. The molecule has 1 aromatic carbocycles. The van der Waals surface area contributed by atoms with Crippen LogP contribution in [0.15, 0.2) is 30.3 Å². The predicted molar refractivity (Wildman–Crippen MR) is 85.6 cm³/mol. The van der Waals surface area contributed by atoms with Crippen molar-refractivity contribution in [3.8, 4) is 0 Å². The second kappa shape index (κ2) is 5.31. The molecule has 2 aliphatic heterocycles. The fourth-order valence-corrected chi connectivity index (χ4v) is 4.50. The number of piperidine rings is 1. The molecule has 136 valence electrons. The Morgan fingerprint density at radius 3 is 2.62 bits per heavy atom. The van der Waals surface area contributed by atoms with E-state index in [1.165, 1.54) is 9.58 Å². The third-order valence-electron chi connectivity index (χ3n) is 5.82. The van der Waals surface area contributed by atoms with Crippen LogP contribution in [0, 0.1) is 5.92 Å². The predicted octanol–water partition coefficient (Wildman–Crippen LogP) is 3.15. The SMILES string of the molecule is O=C(c1nc2n(n1)[C@H](c1ccccc1)C[C@@H]2F)N1CC2CC1CC2(F)F. The number of carbonyl (C=O) groups is 1. The number of rotatable bonds is 2. The Balaban J connectivity index is 1.43. The van der Waals surface area contributed by atoms with E-state index in [-0.39, 0.29) is 37.1 Å². The zero-order valence-electron chi connectivity index (χ0n) is 13.9. The maximum absolute atomic E-state index is 14.4. The standard InChI is InChI=1S/C18H17F3N4O/c19-13-7-14(10-4-2-1-3-5-10)25-16(13)22-15(23-25)17(26)24-9-11-6-12(24)8-18(11,20)21/h1-5,11-14H,6-9H2/t11?,12?,13-,14-/m0/s1. The van der Waals surface area contributed by atoms with E-state index in [0.717, 1.165) is 5.56 Å². The van der Waals surface area contributed by atoms with Crippen LogP contribution in [-0.4, -0.2) is 44.1 Å². The van der Waals surface area contributed by atoms with E-state index in [9.17, 15) is 18.0 Å². The van der Waals surface area contributed by atoms with Gasteiger partial charge in [-0.2, -0.15) is 0 Å². The van der Waals surface area contributed by atoms with Gasteiger partial charge in [0.05, 0.1) is 6.04 Å². The summed E-state index contributed by atoms with van der Waals surface area (Å²) in [5, 5.41) is 4.25. The van der Waals surface area contributed by atoms with Crippen molar-refractivity contribution in [2.45, 2.75) is 43.4 Å². The number of nitrogens with zero attached hydrogens (tertiary/aromatic N) is 4. The molecule has 1 saturated heterocycles. The van der Waals surface area contributed by atoms with Crippen LogP contribution in [0.1, 0.15) is 53.5 Å². The van der Waals surface area contributed by atoms with Gasteiger partial charge in [-0.1, -0.05) is 30.3 Å². The number of alkyl halides is 3. The Morgan fingerprint density at radius 1 is 1.19 bits per heavy atom. The smallest absolute Gasteiger partial charge is 0.293 e. The third kappa shape index (κ3) is 2.20. The fraction of sp³-hybridized carbons (Fsp3) is 0.500. The lowest BCUT2D eigenvalue weighted by molar-refractivity contribution is -0.0623. The van der Waals surface area contributed by atoms with E-state index in [2.05, 4.69) is 10.1 Å². The van der Waals surface area contributed by atoms with Crippen molar-refractivity contribution < 1.29 is 18.0 Å². The highest BCUT2D eigenvalue weighted by atomic mass is 19.3. The molecule has 1 aliphatic carbocycles. The summed E-state index contributed by atoms with van der Waals surface area (Å²) in [7, 11) is 0. The van der Waals surface area contributed by atoms with Gasteiger partial charge in [-0.15, -0.1) is 5.10 Å². The Morgan fingerprint density at radius 2 is 1.96 bits per heavy atom. The second-order valence-corrected chi connectivity index (χ2v) is 7.38. The normalized spacial score (nSPS) is 31.4. The molecule has 3 aliphatic rings. The zero-order chi connectivity index (χ0) is 18.1. The highest BCUT2D eigenvalue weighted by Crippen LogP contribution is 2.48. The molecule has 8 heteroatoms. The first-order valence-corrected chi connectivity index (χ1v) is 8.78. The summed E-state index contributed by atoms with van der Waals surface area (Å²) in [4.78, 5) is 18.3. The molecule has 2 fully saturated rings. The maximum Gasteiger partial charge on any atom is 0.293 e. The topological polar surface area (TPSA) is 51.0 Å². The van der Waals surface area contributed by atoms with Gasteiger partial charge in [0, 0.05) is 31.3 Å². The van der Waals surface area contributed by atoms with Crippen molar-refractivity contribution in [3.05, 3.63) is 47.5 Å². The van der Waals surface area contributed by atoms with E-state index in [0.29, 0.717) is 6.42 Å². The van der Waals surface area contributed by atoms with Crippen LogP contribution in [0.4, 0.5) is 13.2 Å². The number of carbonyl (C=O) groups excluding carboxylic acids is 1. The van der Waals surface area contributed by atoms with Crippen molar-refractivity contribution in [1.29, 1.82) is 0 Å². The fourth-order valence-electron chi connectivity index (χ4n) is 4.50. The van der Waals surface area contributed by atoms with Gasteiger partial charge in [-0.05, 0) is 12.0 Å². The molecule has 1 aromatic heterocycles. The number of benzene rings is 1. The molecular weight excluding hydrogens is 345 g/mol. The molecular formula is C18H17F3N4O. The van der Waals surface area contributed by atoms with E-state index in [1.54, 1.807) is 0 Å². The Hall–Kier alpha value is -2.38. The van der Waals surface area contributed by atoms with E-state index in [1.807, 2.05) is 30.3 Å². The average molecular weight is 362 g/mol. The van der Waals surface area contributed by atoms with Crippen molar-refractivity contribution in [3.63, 3.8) is 0 Å². The summed E-state index contributed by atoms with van der Waals surface area (Å²) in [6.45, 7) is 0.0154. The Kier molecular flexibility index (Phi) is 3.24. The number of halogens is 3. The molecule has 2 unspecified atom stereocenters. The lowest BCUT2D eigenvalue weighted by Crippen LogP contribution is -2.44. The number of aromatic nitrogens is 3. The van der Waals surface area contributed by atoms with Gasteiger partial charge in [0.1, 0.15) is 0 Å². The number of amides is 1. The van der Waals surface area contributed by atoms with E-state index < -0.39 is 30.0 Å². The molecule has 1 saturated carbocycles. The molecule has 5 nitrogen and oxygen atoms in total. The summed E-state index contributed by atoms with van der Waals surface area (Å²) in [6, 6.07) is 8.59. The van der Waals surface area contributed by atoms with Crippen molar-refractivity contribution in [1.82, 2.24) is 19.7 Å². The van der Waals surface area contributed by atoms with Crippen molar-refractivity contribution in [2.75, 3.05) is 6.54 Å². The minimum atomic E-state index is -2.70. The highest BCUT2D eigenvalue weighted by Gasteiger charge is 2.57. The molecule has 3 heterocycles. The van der Waals surface area contributed by atoms with Gasteiger partial charge < -0.3 is 4.90 Å². The maximum atomic E-state index is 14.4. The molecule has 2 aromatic rings. The largest absolute Gasteiger partial charge is 0.332 e. The Labute approximate surface area is 147 Å². The van der Waals surface area contributed by atoms with E-state index in [4.69, 9.17) is 0 Å².